The molecule has 0 saturated carbocycles. The second-order valence-electron chi connectivity index (χ2n) is 3.66. The highest BCUT2D eigenvalue weighted by molar-refractivity contribution is 7.16. The van der Waals surface area contributed by atoms with E-state index in [0.29, 0.717) is 0 Å². The highest BCUT2D eigenvalue weighted by Gasteiger charge is 2.29. The summed E-state index contributed by atoms with van der Waals surface area (Å²) < 4.78 is 14.4. The standard InChI is InChI=1S/C11H15N3O5S/c1-14(2)13-12-6-7(17-3)9(11(16)19-5)20-8(6)10(15)18-4/h1-5H3/b13-12+. The van der Waals surface area contributed by atoms with Crippen LogP contribution >= 0.6 is 11.3 Å². The van der Waals surface area contributed by atoms with E-state index in [2.05, 4.69) is 19.8 Å². The number of carbonyl (C=O) groups is 2. The number of hydrogen-bond donors (Lipinski definition) is 0. The molecule has 0 N–H and O–H groups in total. The fraction of sp³-hybridized carbons (Fsp3) is 0.455. The van der Waals surface area contributed by atoms with E-state index < -0.39 is 11.9 Å². The Kier molecular flexibility index (Phi) is 5.44. The van der Waals surface area contributed by atoms with Crippen LogP contribution in [0.5, 0.6) is 5.75 Å². The van der Waals surface area contributed by atoms with Crippen LogP contribution in [0.3, 0.4) is 0 Å². The van der Waals surface area contributed by atoms with Crippen LogP contribution in [0.4, 0.5) is 5.69 Å². The Hall–Kier alpha value is -2.16. The summed E-state index contributed by atoms with van der Waals surface area (Å²) in [5.41, 5.74) is 0.137. The van der Waals surface area contributed by atoms with Gasteiger partial charge < -0.3 is 14.2 Å². The predicted octanol–water partition coefficient (Wildman–Crippen LogP) is 1.89. The maximum atomic E-state index is 11.7. The van der Waals surface area contributed by atoms with Crippen molar-refractivity contribution in [3.8, 4) is 5.75 Å². The Balaban J connectivity index is 3.45. The first-order valence-electron chi connectivity index (χ1n) is 5.42. The van der Waals surface area contributed by atoms with Gasteiger partial charge in [-0.1, -0.05) is 5.22 Å². The van der Waals surface area contributed by atoms with E-state index in [9.17, 15) is 9.59 Å². The zero-order chi connectivity index (χ0) is 15.3. The first-order valence-corrected chi connectivity index (χ1v) is 6.24. The van der Waals surface area contributed by atoms with Gasteiger partial charge in [-0.2, -0.15) is 0 Å². The lowest BCUT2D eigenvalue weighted by atomic mass is 10.3. The maximum Gasteiger partial charge on any atom is 0.352 e. The molecule has 0 bridgehead atoms. The lowest BCUT2D eigenvalue weighted by Crippen LogP contribution is -2.01. The average Bonchev–Trinajstić information content (AvgIpc) is 2.81. The zero-order valence-electron chi connectivity index (χ0n) is 11.8. The highest BCUT2D eigenvalue weighted by atomic mass is 32.1. The fourth-order valence-electron chi connectivity index (χ4n) is 1.28. The number of thiophene rings is 1. The molecular weight excluding hydrogens is 286 g/mol. The molecule has 0 amide bonds. The third kappa shape index (κ3) is 3.23. The Bertz CT molecular complexity index is 538. The summed E-state index contributed by atoms with van der Waals surface area (Å²) in [6, 6.07) is 0. The summed E-state index contributed by atoms with van der Waals surface area (Å²) in [6.07, 6.45) is 0. The minimum absolute atomic E-state index is 0.121. The molecule has 9 heteroatoms. The maximum absolute atomic E-state index is 11.7. The molecule has 0 aliphatic rings. The van der Waals surface area contributed by atoms with Crippen molar-refractivity contribution in [1.29, 1.82) is 0 Å². The van der Waals surface area contributed by atoms with Crippen LogP contribution < -0.4 is 4.74 Å². The second kappa shape index (κ2) is 6.85. The summed E-state index contributed by atoms with van der Waals surface area (Å²) in [5, 5.41) is 9.16. The van der Waals surface area contributed by atoms with Crippen molar-refractivity contribution < 1.29 is 23.8 Å². The molecule has 1 aromatic rings. The van der Waals surface area contributed by atoms with Crippen LogP contribution in [0.25, 0.3) is 0 Å². The molecule has 0 fully saturated rings. The molecule has 1 aromatic heterocycles. The number of hydrogen-bond acceptors (Lipinski definition) is 8. The van der Waals surface area contributed by atoms with Crippen LogP contribution in [0.2, 0.25) is 0 Å². The molecule has 0 radical (unpaired) electrons. The molecule has 20 heavy (non-hydrogen) atoms. The molecule has 110 valence electrons. The summed E-state index contributed by atoms with van der Waals surface area (Å²) in [7, 11) is 7.17. The molecule has 0 aromatic carbocycles. The molecule has 0 unspecified atom stereocenters. The van der Waals surface area contributed by atoms with Crippen molar-refractivity contribution in [2.45, 2.75) is 0 Å². The monoisotopic (exact) mass is 301 g/mol. The van der Waals surface area contributed by atoms with Crippen molar-refractivity contribution in [2.24, 2.45) is 10.3 Å². The SMILES string of the molecule is COC(=O)c1sc(C(=O)OC)c(OC)c1/N=N/N(C)C. The lowest BCUT2D eigenvalue weighted by Gasteiger charge is -2.04. The number of esters is 2. The molecule has 1 rings (SSSR count). The van der Waals surface area contributed by atoms with Gasteiger partial charge in [-0.3, -0.25) is 5.01 Å². The van der Waals surface area contributed by atoms with Gasteiger partial charge in [0, 0.05) is 14.1 Å². The van der Waals surface area contributed by atoms with Crippen molar-refractivity contribution >= 4 is 29.0 Å². The highest BCUT2D eigenvalue weighted by Crippen LogP contribution is 2.43. The van der Waals surface area contributed by atoms with E-state index in [0.717, 1.165) is 11.3 Å². The Morgan fingerprint density at radius 3 is 2.05 bits per heavy atom. The van der Waals surface area contributed by atoms with Crippen molar-refractivity contribution in [1.82, 2.24) is 5.01 Å². The molecule has 0 aliphatic carbocycles. The summed E-state index contributed by atoms with van der Waals surface area (Å²) >= 11 is 0.881. The van der Waals surface area contributed by atoms with Gasteiger partial charge in [0.2, 0.25) is 0 Å². The van der Waals surface area contributed by atoms with Crippen LogP contribution in [-0.2, 0) is 9.47 Å². The minimum atomic E-state index is -0.629. The van der Waals surface area contributed by atoms with Crippen molar-refractivity contribution in [3.05, 3.63) is 9.75 Å². The number of nitrogens with zero attached hydrogens (tertiary/aromatic N) is 3. The predicted molar refractivity (Wildman–Crippen MR) is 71.8 cm³/mol. The van der Waals surface area contributed by atoms with Gasteiger partial charge in [0.1, 0.15) is 4.88 Å². The Labute approximate surface area is 119 Å². The first kappa shape index (κ1) is 15.9. The zero-order valence-corrected chi connectivity index (χ0v) is 12.6. The second-order valence-corrected chi connectivity index (χ2v) is 4.68. The molecule has 0 saturated heterocycles. The normalized spacial score (nSPS) is 10.4. The van der Waals surface area contributed by atoms with Crippen LogP contribution in [0.1, 0.15) is 19.3 Å². The summed E-state index contributed by atoms with van der Waals surface area (Å²) in [5.74, 6) is -1.12. The quantitative estimate of drug-likeness (QED) is 0.468. The van der Waals surface area contributed by atoms with E-state index in [4.69, 9.17) is 4.74 Å². The van der Waals surface area contributed by atoms with Gasteiger partial charge in [0.05, 0.1) is 21.3 Å². The van der Waals surface area contributed by atoms with E-state index >= 15 is 0 Å². The number of methoxy groups -OCH3 is 3. The Morgan fingerprint density at radius 2 is 1.60 bits per heavy atom. The van der Waals surface area contributed by atoms with Crippen molar-refractivity contribution in [3.63, 3.8) is 0 Å². The minimum Gasteiger partial charge on any atom is -0.493 e. The van der Waals surface area contributed by atoms with Crippen LogP contribution in [-0.4, -0.2) is 52.4 Å². The van der Waals surface area contributed by atoms with Gasteiger partial charge in [-0.05, 0) is 0 Å². The van der Waals surface area contributed by atoms with E-state index in [-0.39, 0.29) is 21.2 Å². The van der Waals surface area contributed by atoms with Gasteiger partial charge in [-0.25, -0.2) is 9.59 Å². The Morgan fingerprint density at radius 1 is 1.05 bits per heavy atom. The largest absolute Gasteiger partial charge is 0.493 e. The molecule has 0 atom stereocenters. The number of carbonyl (C=O) groups excluding carboxylic acids is 2. The van der Waals surface area contributed by atoms with E-state index in [1.807, 2.05) is 0 Å². The summed E-state index contributed by atoms with van der Waals surface area (Å²) in [6.45, 7) is 0. The molecular formula is C11H15N3O5S. The first-order chi connectivity index (χ1) is 9.46. The van der Waals surface area contributed by atoms with E-state index in [1.165, 1.54) is 26.3 Å². The third-order valence-corrected chi connectivity index (χ3v) is 3.23. The lowest BCUT2D eigenvalue weighted by molar-refractivity contribution is 0.0597. The fourth-order valence-corrected chi connectivity index (χ4v) is 2.32. The topological polar surface area (TPSA) is 89.8 Å². The van der Waals surface area contributed by atoms with Crippen LogP contribution in [0.15, 0.2) is 10.3 Å². The molecule has 0 aliphatic heterocycles. The smallest absolute Gasteiger partial charge is 0.352 e. The van der Waals surface area contributed by atoms with Crippen LogP contribution in [0, 0.1) is 0 Å². The molecule has 0 spiro atoms. The van der Waals surface area contributed by atoms with Gasteiger partial charge in [-0.15, -0.1) is 16.5 Å². The van der Waals surface area contributed by atoms with Gasteiger partial charge in [0.25, 0.3) is 0 Å². The molecule has 1 heterocycles. The third-order valence-electron chi connectivity index (χ3n) is 2.11. The summed E-state index contributed by atoms with van der Waals surface area (Å²) in [4.78, 5) is 23.7. The van der Waals surface area contributed by atoms with E-state index in [1.54, 1.807) is 14.1 Å². The van der Waals surface area contributed by atoms with Gasteiger partial charge >= 0.3 is 11.9 Å². The van der Waals surface area contributed by atoms with Crippen molar-refractivity contribution in [2.75, 3.05) is 35.4 Å². The van der Waals surface area contributed by atoms with Gasteiger partial charge in [0.15, 0.2) is 16.3 Å². The number of ether oxygens (including phenoxy) is 3. The molecule has 8 nitrogen and oxygen atoms in total. The average molecular weight is 301 g/mol. The number of rotatable bonds is 5.